The van der Waals surface area contributed by atoms with Crippen molar-refractivity contribution in [3.05, 3.63) is 59.4 Å². The first-order valence-corrected chi connectivity index (χ1v) is 6.10. The van der Waals surface area contributed by atoms with Crippen molar-refractivity contribution in [1.82, 2.24) is 4.98 Å². The van der Waals surface area contributed by atoms with Crippen molar-refractivity contribution in [2.45, 2.75) is 6.92 Å². The van der Waals surface area contributed by atoms with Crippen LogP contribution in [0.3, 0.4) is 0 Å². The zero-order chi connectivity index (χ0) is 15.2. The molecule has 0 radical (unpaired) electrons. The first-order valence-electron chi connectivity index (χ1n) is 6.10. The summed E-state index contributed by atoms with van der Waals surface area (Å²) in [5.41, 5.74) is 2.31. The average Bonchev–Trinajstić information content (AvgIpc) is 2.54. The Morgan fingerprint density at radius 3 is 2.81 bits per heavy atom. The zero-order valence-electron chi connectivity index (χ0n) is 11.2. The summed E-state index contributed by atoms with van der Waals surface area (Å²) < 4.78 is 0. The Kier molecular flexibility index (Phi) is 4.26. The minimum absolute atomic E-state index is 0.215. The lowest BCUT2D eigenvalue weighted by atomic mass is 10.1. The molecule has 6 heteroatoms. The topological polar surface area (TPSA) is 98.4 Å². The van der Waals surface area contributed by atoms with Crippen molar-refractivity contribution < 1.29 is 10.0 Å². The van der Waals surface area contributed by atoms with Gasteiger partial charge in [0.25, 0.3) is 5.91 Å². The number of hydrogen-bond acceptors (Lipinski definition) is 5. The average molecular weight is 280 g/mol. The van der Waals surface area contributed by atoms with E-state index in [-0.39, 0.29) is 11.6 Å². The number of hydrogen-bond donors (Lipinski definition) is 2. The van der Waals surface area contributed by atoms with Crippen LogP contribution in [0.5, 0.6) is 0 Å². The largest absolute Gasteiger partial charge is 0.411 e. The molecule has 0 fully saturated rings. The number of rotatable bonds is 3. The second-order valence-electron chi connectivity index (χ2n) is 4.26. The fourth-order valence-electron chi connectivity index (χ4n) is 1.67. The van der Waals surface area contributed by atoms with Gasteiger partial charge in [-0.3, -0.25) is 4.79 Å². The van der Waals surface area contributed by atoms with E-state index in [0.717, 1.165) is 0 Å². The van der Waals surface area contributed by atoms with Gasteiger partial charge in [0.2, 0.25) is 0 Å². The number of oxime groups is 1. The minimum atomic E-state index is -0.379. The molecule has 1 aromatic heterocycles. The molecule has 6 nitrogen and oxygen atoms in total. The fraction of sp³-hybridized carbons (Fsp3) is 0.0667. The quantitative estimate of drug-likeness (QED) is 0.512. The Labute approximate surface area is 121 Å². The van der Waals surface area contributed by atoms with E-state index < -0.39 is 0 Å². The maximum atomic E-state index is 12.0. The standard InChI is InChI=1S/C15H12N4O2/c1-10(19-21)12-3-2-4-13(7-12)18-15(20)14-6-5-11(8-16)9-17-14/h2-7,9,21H,1H3,(H,18,20). The van der Waals surface area contributed by atoms with Gasteiger partial charge in [-0.25, -0.2) is 4.98 Å². The molecule has 2 N–H and O–H groups in total. The summed E-state index contributed by atoms with van der Waals surface area (Å²) in [4.78, 5) is 15.9. The summed E-state index contributed by atoms with van der Waals surface area (Å²) in [6.45, 7) is 1.66. The van der Waals surface area contributed by atoms with Gasteiger partial charge < -0.3 is 10.5 Å². The van der Waals surface area contributed by atoms with Gasteiger partial charge >= 0.3 is 0 Å². The van der Waals surface area contributed by atoms with Gasteiger partial charge in [0.05, 0.1) is 11.3 Å². The molecular formula is C15H12N4O2. The SMILES string of the molecule is CC(=NO)c1cccc(NC(=O)c2ccc(C#N)cn2)c1. The van der Waals surface area contributed by atoms with Crippen LogP contribution in [0.1, 0.15) is 28.5 Å². The fourth-order valence-corrected chi connectivity index (χ4v) is 1.67. The molecule has 2 aromatic rings. The number of carbonyl (C=O) groups excluding carboxylic acids is 1. The summed E-state index contributed by atoms with van der Waals surface area (Å²) in [6, 6.07) is 11.9. The number of amides is 1. The van der Waals surface area contributed by atoms with E-state index in [1.807, 2.05) is 6.07 Å². The van der Waals surface area contributed by atoms with E-state index in [1.54, 1.807) is 31.2 Å². The summed E-state index contributed by atoms with van der Waals surface area (Å²) in [5.74, 6) is -0.379. The highest BCUT2D eigenvalue weighted by molar-refractivity contribution is 6.04. The van der Waals surface area contributed by atoms with Gasteiger partial charge in [0.15, 0.2) is 0 Å². The van der Waals surface area contributed by atoms with Gasteiger partial charge in [-0.15, -0.1) is 0 Å². The molecule has 0 unspecified atom stereocenters. The smallest absolute Gasteiger partial charge is 0.274 e. The van der Waals surface area contributed by atoms with Crippen LogP contribution in [-0.2, 0) is 0 Å². The molecular weight excluding hydrogens is 268 g/mol. The maximum Gasteiger partial charge on any atom is 0.274 e. The Morgan fingerprint density at radius 1 is 1.38 bits per heavy atom. The second kappa shape index (κ2) is 6.30. The molecule has 0 atom stereocenters. The number of carbonyl (C=O) groups is 1. The van der Waals surface area contributed by atoms with E-state index in [9.17, 15) is 4.79 Å². The third-order valence-corrected chi connectivity index (χ3v) is 2.81. The molecule has 1 heterocycles. The lowest BCUT2D eigenvalue weighted by Gasteiger charge is -2.06. The number of anilines is 1. The Bertz CT molecular complexity index is 730. The van der Waals surface area contributed by atoms with Gasteiger partial charge in [0.1, 0.15) is 11.8 Å². The first kappa shape index (κ1) is 14.2. The monoisotopic (exact) mass is 280 g/mol. The van der Waals surface area contributed by atoms with Crippen molar-refractivity contribution in [3.8, 4) is 6.07 Å². The van der Waals surface area contributed by atoms with E-state index in [1.165, 1.54) is 18.3 Å². The Balaban J connectivity index is 2.17. The van der Waals surface area contributed by atoms with Crippen LogP contribution in [0.15, 0.2) is 47.8 Å². The number of pyridine rings is 1. The van der Waals surface area contributed by atoms with Gasteiger partial charge in [-0.2, -0.15) is 5.26 Å². The molecule has 0 spiro atoms. The third kappa shape index (κ3) is 3.42. The number of nitrogens with zero attached hydrogens (tertiary/aromatic N) is 3. The normalized spacial score (nSPS) is 10.8. The van der Waals surface area contributed by atoms with Crippen LogP contribution < -0.4 is 5.32 Å². The molecule has 0 saturated carbocycles. The maximum absolute atomic E-state index is 12.0. The molecule has 0 bridgehead atoms. The summed E-state index contributed by atoms with van der Waals surface area (Å²) in [6.07, 6.45) is 1.34. The predicted molar refractivity (Wildman–Crippen MR) is 77.3 cm³/mol. The highest BCUT2D eigenvalue weighted by Gasteiger charge is 2.08. The molecule has 0 aliphatic rings. The molecule has 0 saturated heterocycles. The number of aromatic nitrogens is 1. The van der Waals surface area contributed by atoms with Crippen molar-refractivity contribution in [2.24, 2.45) is 5.16 Å². The third-order valence-electron chi connectivity index (χ3n) is 2.81. The number of benzene rings is 1. The molecule has 0 aliphatic heterocycles. The van der Waals surface area contributed by atoms with Crippen molar-refractivity contribution in [1.29, 1.82) is 5.26 Å². The Morgan fingerprint density at radius 2 is 2.19 bits per heavy atom. The lowest BCUT2D eigenvalue weighted by molar-refractivity contribution is 0.102. The first-order chi connectivity index (χ1) is 10.1. The van der Waals surface area contributed by atoms with Crippen molar-refractivity contribution in [2.75, 3.05) is 5.32 Å². The number of nitrogens with one attached hydrogen (secondary N) is 1. The highest BCUT2D eigenvalue weighted by atomic mass is 16.4. The van der Waals surface area contributed by atoms with Gasteiger partial charge in [0, 0.05) is 17.4 Å². The minimum Gasteiger partial charge on any atom is -0.411 e. The highest BCUT2D eigenvalue weighted by Crippen LogP contribution is 2.13. The van der Waals surface area contributed by atoms with Crippen LogP contribution in [0.25, 0.3) is 0 Å². The number of nitriles is 1. The second-order valence-corrected chi connectivity index (χ2v) is 4.26. The molecule has 0 aliphatic carbocycles. The van der Waals surface area contributed by atoms with Crippen molar-refractivity contribution >= 4 is 17.3 Å². The van der Waals surface area contributed by atoms with Crippen LogP contribution in [0.2, 0.25) is 0 Å². The van der Waals surface area contributed by atoms with E-state index in [2.05, 4.69) is 15.5 Å². The lowest BCUT2D eigenvalue weighted by Crippen LogP contribution is -2.13. The zero-order valence-corrected chi connectivity index (χ0v) is 11.2. The molecule has 2 rings (SSSR count). The Hall–Kier alpha value is -3.20. The van der Waals surface area contributed by atoms with Gasteiger partial charge in [-0.05, 0) is 31.2 Å². The molecule has 21 heavy (non-hydrogen) atoms. The molecule has 1 amide bonds. The van der Waals surface area contributed by atoms with Gasteiger partial charge in [-0.1, -0.05) is 17.3 Å². The van der Waals surface area contributed by atoms with E-state index in [4.69, 9.17) is 10.5 Å². The van der Waals surface area contributed by atoms with E-state index in [0.29, 0.717) is 22.5 Å². The molecule has 1 aromatic carbocycles. The van der Waals surface area contributed by atoms with E-state index >= 15 is 0 Å². The summed E-state index contributed by atoms with van der Waals surface area (Å²) >= 11 is 0. The summed E-state index contributed by atoms with van der Waals surface area (Å²) in [7, 11) is 0. The predicted octanol–water partition coefficient (Wildman–Crippen LogP) is 2.40. The molecule has 104 valence electrons. The van der Waals surface area contributed by atoms with Crippen molar-refractivity contribution in [3.63, 3.8) is 0 Å². The van der Waals surface area contributed by atoms with Crippen LogP contribution in [0, 0.1) is 11.3 Å². The van der Waals surface area contributed by atoms with Crippen LogP contribution >= 0.6 is 0 Å². The summed E-state index contributed by atoms with van der Waals surface area (Å²) in [5, 5.41) is 23.2. The van der Waals surface area contributed by atoms with Crippen LogP contribution in [-0.4, -0.2) is 21.8 Å². The van der Waals surface area contributed by atoms with Crippen LogP contribution in [0.4, 0.5) is 5.69 Å².